The first-order valence-corrected chi connectivity index (χ1v) is 6.31. The van der Waals surface area contributed by atoms with Crippen molar-refractivity contribution >= 4 is 38.4 Å². The van der Waals surface area contributed by atoms with Crippen molar-refractivity contribution in [2.24, 2.45) is 0 Å². The third kappa shape index (κ3) is 1.75. The molecule has 84 valence electrons. The highest BCUT2D eigenvalue weighted by molar-refractivity contribution is 9.10. The van der Waals surface area contributed by atoms with Crippen LogP contribution in [0.25, 0.3) is 16.6 Å². The van der Waals surface area contributed by atoms with E-state index in [1.165, 1.54) is 0 Å². The summed E-state index contributed by atoms with van der Waals surface area (Å²) in [5, 5.41) is 6.03. The number of hydrogen-bond donors (Lipinski definition) is 0. The highest BCUT2D eigenvalue weighted by Crippen LogP contribution is 2.31. The van der Waals surface area contributed by atoms with E-state index < -0.39 is 0 Å². The fourth-order valence-corrected chi connectivity index (χ4v) is 2.37. The van der Waals surface area contributed by atoms with Crippen LogP contribution < -0.4 is 0 Å². The van der Waals surface area contributed by atoms with Gasteiger partial charge in [-0.15, -0.1) is 0 Å². The van der Waals surface area contributed by atoms with Gasteiger partial charge in [-0.25, -0.2) is 4.68 Å². The molecule has 0 bridgehead atoms. The molecule has 0 amide bonds. The van der Waals surface area contributed by atoms with E-state index in [-0.39, 0.29) is 0 Å². The van der Waals surface area contributed by atoms with Crippen molar-refractivity contribution in [2.75, 3.05) is 0 Å². The molecule has 0 aliphatic carbocycles. The summed E-state index contributed by atoms with van der Waals surface area (Å²) in [6, 6.07) is 13.9. The molecule has 1 heterocycles. The first-order chi connectivity index (χ1) is 8.27. The largest absolute Gasteiger partial charge is 0.233 e. The van der Waals surface area contributed by atoms with Crippen LogP contribution in [-0.4, -0.2) is 9.78 Å². The predicted octanol–water partition coefficient (Wildman–Crippen LogP) is 4.44. The molecule has 0 N–H and O–H groups in total. The van der Waals surface area contributed by atoms with E-state index in [4.69, 9.17) is 11.6 Å². The van der Waals surface area contributed by atoms with Gasteiger partial charge in [0.1, 0.15) is 0 Å². The Labute approximate surface area is 112 Å². The lowest BCUT2D eigenvalue weighted by molar-refractivity contribution is 0.911. The zero-order valence-electron chi connectivity index (χ0n) is 8.77. The maximum atomic E-state index is 6.23. The molecule has 0 saturated heterocycles. The predicted molar refractivity (Wildman–Crippen MR) is 73.8 cm³/mol. The van der Waals surface area contributed by atoms with Crippen molar-refractivity contribution in [1.82, 2.24) is 9.78 Å². The topological polar surface area (TPSA) is 17.8 Å². The van der Waals surface area contributed by atoms with Crippen molar-refractivity contribution in [1.29, 1.82) is 0 Å². The molecule has 0 atom stereocenters. The lowest BCUT2D eigenvalue weighted by Crippen LogP contribution is -1.94. The van der Waals surface area contributed by atoms with Crippen molar-refractivity contribution < 1.29 is 0 Å². The number of fused-ring (bicyclic) bond motifs is 1. The molecule has 2 aromatic carbocycles. The van der Waals surface area contributed by atoms with E-state index in [0.29, 0.717) is 5.02 Å². The molecule has 0 unspecified atom stereocenters. The summed E-state index contributed by atoms with van der Waals surface area (Å²) in [4.78, 5) is 0. The monoisotopic (exact) mass is 306 g/mol. The van der Waals surface area contributed by atoms with Crippen LogP contribution in [0.5, 0.6) is 0 Å². The molecule has 3 rings (SSSR count). The van der Waals surface area contributed by atoms with Gasteiger partial charge in [-0.3, -0.25) is 0 Å². The first kappa shape index (κ1) is 10.8. The Morgan fingerprint density at radius 1 is 1.06 bits per heavy atom. The van der Waals surface area contributed by atoms with Gasteiger partial charge in [0.25, 0.3) is 0 Å². The van der Waals surface area contributed by atoms with Gasteiger partial charge in [0.2, 0.25) is 0 Å². The van der Waals surface area contributed by atoms with E-state index in [1.807, 2.05) is 47.1 Å². The Bertz CT molecular complexity index is 676. The van der Waals surface area contributed by atoms with Crippen LogP contribution in [0.15, 0.2) is 53.1 Å². The summed E-state index contributed by atoms with van der Waals surface area (Å²) in [5.41, 5.74) is 2.03. The first-order valence-electron chi connectivity index (χ1n) is 5.14. The zero-order chi connectivity index (χ0) is 11.8. The molecule has 0 radical (unpaired) electrons. The minimum absolute atomic E-state index is 0.699. The normalized spacial score (nSPS) is 10.9. The molecule has 4 heteroatoms. The number of benzene rings is 2. The van der Waals surface area contributed by atoms with Gasteiger partial charge < -0.3 is 0 Å². The van der Waals surface area contributed by atoms with Crippen molar-refractivity contribution in [2.45, 2.75) is 0 Å². The summed E-state index contributed by atoms with van der Waals surface area (Å²) in [5.74, 6) is 0. The average Bonchev–Trinajstić information content (AvgIpc) is 2.79. The molecular formula is C13H8BrClN2. The average molecular weight is 308 g/mol. The van der Waals surface area contributed by atoms with Crippen molar-refractivity contribution in [3.05, 3.63) is 58.2 Å². The molecule has 3 aromatic rings. The second-order valence-corrected chi connectivity index (χ2v) is 4.92. The van der Waals surface area contributed by atoms with E-state index in [1.54, 1.807) is 6.20 Å². The zero-order valence-corrected chi connectivity index (χ0v) is 11.1. The number of rotatable bonds is 1. The molecule has 2 nitrogen and oxygen atoms in total. The fourth-order valence-electron chi connectivity index (χ4n) is 1.82. The highest BCUT2D eigenvalue weighted by Gasteiger charge is 2.09. The summed E-state index contributed by atoms with van der Waals surface area (Å²) >= 11 is 9.64. The molecule has 17 heavy (non-hydrogen) atoms. The lowest BCUT2D eigenvalue weighted by atomic mass is 10.2. The lowest BCUT2D eigenvalue weighted by Gasteiger charge is -2.03. The Morgan fingerprint density at radius 3 is 2.59 bits per heavy atom. The SMILES string of the molecule is Clc1c(Br)ccc2c1cnn2-c1ccccc1. The van der Waals surface area contributed by atoms with Gasteiger partial charge in [-0.1, -0.05) is 29.8 Å². The number of nitrogens with zero attached hydrogens (tertiary/aromatic N) is 2. The van der Waals surface area contributed by atoms with Crippen LogP contribution in [-0.2, 0) is 0 Å². The van der Waals surface area contributed by atoms with Crippen LogP contribution >= 0.6 is 27.5 Å². The van der Waals surface area contributed by atoms with Crippen LogP contribution in [0.1, 0.15) is 0 Å². The quantitative estimate of drug-likeness (QED) is 0.650. The Hall–Kier alpha value is -1.32. The minimum Gasteiger partial charge on any atom is -0.233 e. The molecular weight excluding hydrogens is 300 g/mol. The minimum atomic E-state index is 0.699. The molecule has 0 saturated carbocycles. The van der Waals surface area contributed by atoms with E-state index >= 15 is 0 Å². The summed E-state index contributed by atoms with van der Waals surface area (Å²) in [6.07, 6.45) is 1.79. The number of halogens is 2. The number of hydrogen-bond acceptors (Lipinski definition) is 1. The molecule has 0 spiro atoms. The van der Waals surface area contributed by atoms with Crippen molar-refractivity contribution in [3.8, 4) is 5.69 Å². The second kappa shape index (κ2) is 4.17. The van der Waals surface area contributed by atoms with Crippen LogP contribution in [0.3, 0.4) is 0 Å². The summed E-state index contributed by atoms with van der Waals surface area (Å²) in [6.45, 7) is 0. The number of aromatic nitrogens is 2. The van der Waals surface area contributed by atoms with E-state index in [0.717, 1.165) is 21.1 Å². The second-order valence-electron chi connectivity index (χ2n) is 3.69. The summed E-state index contributed by atoms with van der Waals surface area (Å²) < 4.78 is 2.77. The third-order valence-electron chi connectivity index (χ3n) is 2.64. The van der Waals surface area contributed by atoms with Gasteiger partial charge in [0, 0.05) is 9.86 Å². The maximum absolute atomic E-state index is 6.23. The van der Waals surface area contributed by atoms with Crippen LogP contribution in [0.2, 0.25) is 5.02 Å². The van der Waals surface area contributed by atoms with Crippen molar-refractivity contribution in [3.63, 3.8) is 0 Å². The third-order valence-corrected chi connectivity index (χ3v) is 3.94. The highest BCUT2D eigenvalue weighted by atomic mass is 79.9. The van der Waals surface area contributed by atoms with Crippen LogP contribution in [0.4, 0.5) is 0 Å². The van der Waals surface area contributed by atoms with Gasteiger partial charge in [-0.05, 0) is 40.2 Å². The Kier molecular flexibility index (Phi) is 2.65. The molecule has 0 fully saturated rings. The van der Waals surface area contributed by atoms with Gasteiger partial charge in [0.05, 0.1) is 22.4 Å². The van der Waals surface area contributed by atoms with Crippen LogP contribution in [0, 0.1) is 0 Å². The Balaban J connectivity index is 2.30. The summed E-state index contributed by atoms with van der Waals surface area (Å²) in [7, 11) is 0. The Morgan fingerprint density at radius 2 is 1.82 bits per heavy atom. The van der Waals surface area contributed by atoms with E-state index in [2.05, 4.69) is 21.0 Å². The molecule has 0 aliphatic heterocycles. The van der Waals surface area contributed by atoms with Gasteiger partial charge in [0.15, 0.2) is 0 Å². The van der Waals surface area contributed by atoms with Gasteiger partial charge in [-0.2, -0.15) is 5.10 Å². The van der Waals surface area contributed by atoms with E-state index in [9.17, 15) is 0 Å². The number of para-hydroxylation sites is 1. The molecule has 1 aromatic heterocycles. The molecule has 0 aliphatic rings. The standard InChI is InChI=1S/C13H8BrClN2/c14-11-6-7-12-10(13(11)15)8-16-17(12)9-4-2-1-3-5-9/h1-8H. The smallest absolute Gasteiger partial charge is 0.0756 e. The maximum Gasteiger partial charge on any atom is 0.0756 e. The van der Waals surface area contributed by atoms with Gasteiger partial charge >= 0.3 is 0 Å². The fraction of sp³-hybridized carbons (Fsp3) is 0.